The summed E-state index contributed by atoms with van der Waals surface area (Å²) in [5, 5.41) is 2.96. The van der Waals surface area contributed by atoms with Crippen molar-refractivity contribution in [1.29, 1.82) is 0 Å². The Bertz CT molecular complexity index is 271. The van der Waals surface area contributed by atoms with Crippen molar-refractivity contribution in [1.82, 2.24) is 10.2 Å². The van der Waals surface area contributed by atoms with Gasteiger partial charge in [0.1, 0.15) is 0 Å². The van der Waals surface area contributed by atoms with Crippen molar-refractivity contribution in [3.05, 3.63) is 0 Å². The summed E-state index contributed by atoms with van der Waals surface area (Å²) in [6.07, 6.45) is 4.28. The minimum Gasteiger partial charge on any atom is -0.353 e. The van der Waals surface area contributed by atoms with Crippen LogP contribution in [0.15, 0.2) is 0 Å². The smallest absolute Gasteiger partial charge is 0.239 e. The molecule has 5 heteroatoms. The molecule has 0 bridgehead atoms. The molecule has 19 heavy (non-hydrogen) atoms. The average molecular weight is 292 g/mol. The fourth-order valence-corrected chi connectivity index (χ4v) is 2.65. The molecule has 2 atom stereocenters. The summed E-state index contributed by atoms with van der Waals surface area (Å²) in [7, 11) is 0. The van der Waals surface area contributed by atoms with Gasteiger partial charge in [0.25, 0.3) is 0 Å². The van der Waals surface area contributed by atoms with Crippen LogP contribution in [0, 0.1) is 5.92 Å². The third-order valence-corrected chi connectivity index (χ3v) is 3.74. The van der Waals surface area contributed by atoms with Gasteiger partial charge in [-0.05, 0) is 38.6 Å². The number of nitrogens with zero attached hydrogens (tertiary/aromatic N) is 1. The van der Waals surface area contributed by atoms with E-state index in [1.807, 2.05) is 13.8 Å². The molecule has 1 amide bonds. The molecular formula is C14H30ClN3O. The van der Waals surface area contributed by atoms with E-state index in [2.05, 4.69) is 17.1 Å². The van der Waals surface area contributed by atoms with Crippen LogP contribution in [0.1, 0.15) is 46.5 Å². The Kier molecular flexibility index (Phi) is 8.62. The number of hydrogen-bond donors (Lipinski definition) is 2. The first-order valence-electron chi connectivity index (χ1n) is 7.25. The third kappa shape index (κ3) is 6.59. The van der Waals surface area contributed by atoms with Gasteiger partial charge in [0.05, 0.1) is 5.54 Å². The lowest BCUT2D eigenvalue weighted by atomic mass is 9.96. The Morgan fingerprint density at radius 3 is 2.79 bits per heavy atom. The number of likely N-dealkylation sites (tertiary alicyclic amines) is 1. The topological polar surface area (TPSA) is 58.4 Å². The summed E-state index contributed by atoms with van der Waals surface area (Å²) < 4.78 is 0. The van der Waals surface area contributed by atoms with Gasteiger partial charge in [0.2, 0.25) is 5.91 Å². The fourth-order valence-electron chi connectivity index (χ4n) is 2.65. The first kappa shape index (κ1) is 18.7. The molecule has 0 aliphatic carbocycles. The molecule has 0 saturated carbocycles. The van der Waals surface area contributed by atoms with Gasteiger partial charge in [-0.1, -0.05) is 20.3 Å². The predicted molar refractivity (Wildman–Crippen MR) is 82.6 cm³/mol. The normalized spacial score (nSPS) is 23.3. The maximum atomic E-state index is 11.9. The predicted octanol–water partition coefficient (Wildman–Crippen LogP) is 1.77. The zero-order valence-corrected chi connectivity index (χ0v) is 13.4. The first-order chi connectivity index (χ1) is 8.45. The van der Waals surface area contributed by atoms with Gasteiger partial charge >= 0.3 is 0 Å². The van der Waals surface area contributed by atoms with Crippen LogP contribution in [-0.2, 0) is 4.79 Å². The second-order valence-electron chi connectivity index (χ2n) is 5.97. The highest BCUT2D eigenvalue weighted by Crippen LogP contribution is 2.14. The molecule has 0 aromatic carbocycles. The molecule has 0 aromatic heterocycles. The van der Waals surface area contributed by atoms with Gasteiger partial charge in [0, 0.05) is 19.6 Å². The summed E-state index contributed by atoms with van der Waals surface area (Å²) in [6.45, 7) is 10.1. The van der Waals surface area contributed by atoms with E-state index in [0.717, 1.165) is 38.4 Å². The number of piperidine rings is 1. The summed E-state index contributed by atoms with van der Waals surface area (Å²) in [4.78, 5) is 14.3. The number of nitrogens with two attached hydrogens (primary N) is 1. The zero-order chi connectivity index (χ0) is 13.6. The molecule has 2 unspecified atom stereocenters. The standard InChI is InChI=1S/C14H29N3O.ClH/c1-4-7-14(3,15)13(18)16-8-10-17-9-5-6-12(2)11-17;/h12H,4-11,15H2,1-3H3,(H,16,18);1H. The number of amides is 1. The third-order valence-electron chi connectivity index (χ3n) is 3.74. The number of halogens is 1. The second kappa shape index (κ2) is 8.77. The SMILES string of the molecule is CCCC(C)(N)C(=O)NCCN1CCCC(C)C1.Cl. The minimum atomic E-state index is -0.718. The molecule has 1 heterocycles. The minimum absolute atomic E-state index is 0. The Labute approximate surface area is 123 Å². The van der Waals surface area contributed by atoms with Gasteiger partial charge in [-0.25, -0.2) is 0 Å². The van der Waals surface area contributed by atoms with Crippen LogP contribution in [0.5, 0.6) is 0 Å². The van der Waals surface area contributed by atoms with Crippen molar-refractivity contribution in [3.63, 3.8) is 0 Å². The summed E-state index contributed by atoms with van der Waals surface area (Å²) in [5.74, 6) is 0.767. The highest BCUT2D eigenvalue weighted by Gasteiger charge is 2.26. The Balaban J connectivity index is 0.00000324. The van der Waals surface area contributed by atoms with E-state index in [1.165, 1.54) is 12.8 Å². The maximum absolute atomic E-state index is 11.9. The van der Waals surface area contributed by atoms with Crippen molar-refractivity contribution in [2.75, 3.05) is 26.2 Å². The first-order valence-corrected chi connectivity index (χ1v) is 7.25. The molecule has 0 spiro atoms. The van der Waals surface area contributed by atoms with E-state index in [-0.39, 0.29) is 18.3 Å². The second-order valence-corrected chi connectivity index (χ2v) is 5.97. The molecule has 0 aromatic rings. The molecule has 1 fully saturated rings. The molecular weight excluding hydrogens is 262 g/mol. The van der Waals surface area contributed by atoms with Crippen LogP contribution in [0.25, 0.3) is 0 Å². The summed E-state index contributed by atoms with van der Waals surface area (Å²) in [6, 6.07) is 0. The highest BCUT2D eigenvalue weighted by molar-refractivity contribution is 5.85. The van der Waals surface area contributed by atoms with E-state index >= 15 is 0 Å². The van der Waals surface area contributed by atoms with E-state index < -0.39 is 5.54 Å². The van der Waals surface area contributed by atoms with Gasteiger partial charge in [-0.3, -0.25) is 4.79 Å². The van der Waals surface area contributed by atoms with Gasteiger partial charge < -0.3 is 16.0 Å². The van der Waals surface area contributed by atoms with E-state index in [1.54, 1.807) is 0 Å². The van der Waals surface area contributed by atoms with Crippen molar-refractivity contribution in [3.8, 4) is 0 Å². The fraction of sp³-hybridized carbons (Fsp3) is 0.929. The molecule has 1 aliphatic rings. The van der Waals surface area contributed by atoms with Gasteiger partial charge in [0.15, 0.2) is 0 Å². The van der Waals surface area contributed by atoms with Crippen molar-refractivity contribution in [2.45, 2.75) is 52.0 Å². The van der Waals surface area contributed by atoms with Crippen molar-refractivity contribution >= 4 is 18.3 Å². The maximum Gasteiger partial charge on any atom is 0.239 e. The molecule has 0 radical (unpaired) electrons. The van der Waals surface area contributed by atoms with Crippen LogP contribution in [0.3, 0.4) is 0 Å². The number of nitrogens with one attached hydrogen (secondary N) is 1. The largest absolute Gasteiger partial charge is 0.353 e. The number of hydrogen-bond acceptors (Lipinski definition) is 3. The van der Waals surface area contributed by atoms with Gasteiger partial charge in [-0.15, -0.1) is 12.4 Å². The average Bonchev–Trinajstić information content (AvgIpc) is 2.28. The molecule has 114 valence electrons. The lowest BCUT2D eigenvalue weighted by molar-refractivity contribution is -0.126. The Morgan fingerprint density at radius 1 is 1.53 bits per heavy atom. The number of rotatable bonds is 6. The van der Waals surface area contributed by atoms with Crippen LogP contribution >= 0.6 is 12.4 Å². The van der Waals surface area contributed by atoms with Crippen LogP contribution < -0.4 is 11.1 Å². The van der Waals surface area contributed by atoms with E-state index in [9.17, 15) is 4.79 Å². The lowest BCUT2D eigenvalue weighted by Crippen LogP contribution is -2.53. The van der Waals surface area contributed by atoms with E-state index in [0.29, 0.717) is 6.54 Å². The van der Waals surface area contributed by atoms with Crippen molar-refractivity contribution in [2.24, 2.45) is 11.7 Å². The van der Waals surface area contributed by atoms with Crippen LogP contribution in [-0.4, -0.2) is 42.5 Å². The van der Waals surface area contributed by atoms with Crippen molar-refractivity contribution < 1.29 is 4.79 Å². The highest BCUT2D eigenvalue weighted by atomic mass is 35.5. The molecule has 3 N–H and O–H groups in total. The molecule has 1 saturated heterocycles. The molecule has 1 aliphatic heterocycles. The van der Waals surface area contributed by atoms with Crippen LogP contribution in [0.2, 0.25) is 0 Å². The van der Waals surface area contributed by atoms with Gasteiger partial charge in [-0.2, -0.15) is 0 Å². The number of carbonyl (C=O) groups is 1. The van der Waals surface area contributed by atoms with E-state index in [4.69, 9.17) is 5.73 Å². The Hall–Kier alpha value is -0.320. The lowest BCUT2D eigenvalue weighted by Gasteiger charge is -2.31. The number of carbonyl (C=O) groups excluding carboxylic acids is 1. The zero-order valence-electron chi connectivity index (χ0n) is 12.6. The van der Waals surface area contributed by atoms with Crippen LogP contribution in [0.4, 0.5) is 0 Å². The monoisotopic (exact) mass is 291 g/mol. The summed E-state index contributed by atoms with van der Waals surface area (Å²) >= 11 is 0. The summed E-state index contributed by atoms with van der Waals surface area (Å²) in [5.41, 5.74) is 5.27. The Morgan fingerprint density at radius 2 is 2.21 bits per heavy atom. The molecule has 4 nitrogen and oxygen atoms in total. The quantitative estimate of drug-likeness (QED) is 0.784. The molecule has 1 rings (SSSR count).